The van der Waals surface area contributed by atoms with Crippen LogP contribution in [0.3, 0.4) is 0 Å². The van der Waals surface area contributed by atoms with Gasteiger partial charge in [-0.1, -0.05) is 23.2 Å². The maximum absolute atomic E-state index is 12.2. The molecule has 0 aromatic heterocycles. The van der Waals surface area contributed by atoms with Crippen LogP contribution in [0.2, 0.25) is 10.0 Å². The van der Waals surface area contributed by atoms with Gasteiger partial charge in [0.05, 0.1) is 20.6 Å². The van der Waals surface area contributed by atoms with Crippen molar-refractivity contribution in [2.75, 3.05) is 4.72 Å². The summed E-state index contributed by atoms with van der Waals surface area (Å²) in [5.74, 6) is -0.628. The van der Waals surface area contributed by atoms with Gasteiger partial charge in [0.2, 0.25) is 5.91 Å². The van der Waals surface area contributed by atoms with Gasteiger partial charge in [-0.15, -0.1) is 0 Å². The van der Waals surface area contributed by atoms with Crippen LogP contribution < -0.4 is 10.5 Å². The molecule has 1 amide bonds. The van der Waals surface area contributed by atoms with Crippen molar-refractivity contribution in [1.82, 2.24) is 0 Å². The summed E-state index contributed by atoms with van der Waals surface area (Å²) in [5.41, 5.74) is 5.60. The van der Waals surface area contributed by atoms with Crippen LogP contribution in [-0.4, -0.2) is 14.3 Å². The average molecular weight is 345 g/mol. The summed E-state index contributed by atoms with van der Waals surface area (Å²) in [6, 6.07) is 9.64. The third-order valence-corrected chi connectivity index (χ3v) is 4.76. The highest BCUT2D eigenvalue weighted by atomic mass is 35.5. The number of benzene rings is 2. The minimum Gasteiger partial charge on any atom is -0.366 e. The molecule has 5 nitrogen and oxygen atoms in total. The molecule has 0 saturated heterocycles. The van der Waals surface area contributed by atoms with E-state index in [0.29, 0.717) is 5.02 Å². The molecule has 2 aromatic carbocycles. The molecule has 0 aliphatic carbocycles. The van der Waals surface area contributed by atoms with Crippen molar-refractivity contribution >= 4 is 44.8 Å². The second-order valence-corrected chi connectivity index (χ2v) is 6.62. The number of halogens is 2. The van der Waals surface area contributed by atoms with Crippen LogP contribution in [0.1, 0.15) is 10.4 Å². The molecule has 0 aliphatic heterocycles. The van der Waals surface area contributed by atoms with Crippen molar-refractivity contribution in [3.05, 3.63) is 58.1 Å². The van der Waals surface area contributed by atoms with E-state index in [2.05, 4.69) is 4.72 Å². The van der Waals surface area contributed by atoms with Crippen molar-refractivity contribution < 1.29 is 13.2 Å². The Morgan fingerprint density at radius 3 is 2.14 bits per heavy atom. The summed E-state index contributed by atoms with van der Waals surface area (Å²) in [6.45, 7) is 0. The minimum absolute atomic E-state index is 0.00132. The van der Waals surface area contributed by atoms with Crippen LogP contribution in [0.15, 0.2) is 47.4 Å². The molecule has 0 unspecified atom stereocenters. The third kappa shape index (κ3) is 3.66. The van der Waals surface area contributed by atoms with E-state index in [0.717, 1.165) is 0 Å². The normalized spacial score (nSPS) is 11.1. The molecule has 2 aromatic rings. The summed E-state index contributed by atoms with van der Waals surface area (Å²) in [6.07, 6.45) is 0. The molecular formula is C13H10Cl2N2O3S. The first kappa shape index (κ1) is 15.6. The first-order valence-electron chi connectivity index (χ1n) is 5.67. The monoisotopic (exact) mass is 344 g/mol. The Morgan fingerprint density at radius 1 is 1.00 bits per heavy atom. The standard InChI is InChI=1S/C13H10Cl2N2O3S/c14-11-6-3-9(7-12(11)15)17-21(19,20)10-4-1-8(2-5-10)13(16)18/h1-7,17H,(H2,16,18). The fourth-order valence-corrected chi connectivity index (χ4v) is 2.92. The lowest BCUT2D eigenvalue weighted by molar-refractivity contribution is 0.1000. The van der Waals surface area contributed by atoms with E-state index in [9.17, 15) is 13.2 Å². The lowest BCUT2D eigenvalue weighted by atomic mass is 10.2. The number of amides is 1. The van der Waals surface area contributed by atoms with Gasteiger partial charge in [0.1, 0.15) is 0 Å². The Kier molecular flexibility index (Phi) is 4.41. The molecule has 0 aliphatic rings. The Labute approximate surface area is 131 Å². The van der Waals surface area contributed by atoms with Crippen LogP contribution in [0, 0.1) is 0 Å². The number of primary amides is 1. The van der Waals surface area contributed by atoms with Gasteiger partial charge in [0, 0.05) is 5.56 Å². The van der Waals surface area contributed by atoms with Crippen LogP contribution in [0.25, 0.3) is 0 Å². The number of sulfonamides is 1. The Hall–Kier alpha value is -1.76. The fraction of sp³-hybridized carbons (Fsp3) is 0. The zero-order chi connectivity index (χ0) is 15.6. The van der Waals surface area contributed by atoms with Crippen LogP contribution in [-0.2, 0) is 10.0 Å². The molecular weight excluding hydrogens is 335 g/mol. The molecule has 2 rings (SSSR count). The number of anilines is 1. The number of nitrogens with two attached hydrogens (primary N) is 1. The first-order valence-corrected chi connectivity index (χ1v) is 7.91. The van der Waals surface area contributed by atoms with Crippen molar-refractivity contribution in [2.24, 2.45) is 5.73 Å². The zero-order valence-electron chi connectivity index (χ0n) is 10.5. The topological polar surface area (TPSA) is 89.3 Å². The summed E-state index contributed by atoms with van der Waals surface area (Å²) in [5, 5.41) is 0.561. The molecule has 0 radical (unpaired) electrons. The second-order valence-electron chi connectivity index (χ2n) is 4.12. The number of nitrogens with one attached hydrogen (secondary N) is 1. The van der Waals surface area contributed by atoms with Gasteiger partial charge < -0.3 is 5.73 Å². The molecule has 0 fully saturated rings. The predicted molar refractivity (Wildman–Crippen MR) is 82.2 cm³/mol. The summed E-state index contributed by atoms with van der Waals surface area (Å²) < 4.78 is 26.7. The van der Waals surface area contributed by atoms with E-state index in [1.54, 1.807) is 0 Å². The lowest BCUT2D eigenvalue weighted by Crippen LogP contribution is -2.14. The predicted octanol–water partition coefficient (Wildman–Crippen LogP) is 2.89. The Morgan fingerprint density at radius 2 is 1.62 bits per heavy atom. The van der Waals surface area contributed by atoms with Crippen molar-refractivity contribution in [3.63, 3.8) is 0 Å². The minimum atomic E-state index is -3.79. The molecule has 8 heteroatoms. The highest BCUT2D eigenvalue weighted by Crippen LogP contribution is 2.26. The summed E-state index contributed by atoms with van der Waals surface area (Å²) in [7, 11) is -3.79. The van der Waals surface area contributed by atoms with Crippen molar-refractivity contribution in [1.29, 1.82) is 0 Å². The summed E-state index contributed by atoms with van der Waals surface area (Å²) >= 11 is 11.6. The number of carbonyl (C=O) groups is 1. The first-order chi connectivity index (χ1) is 9.79. The maximum Gasteiger partial charge on any atom is 0.261 e. The van der Waals surface area contributed by atoms with Crippen LogP contribution in [0.4, 0.5) is 5.69 Å². The smallest absolute Gasteiger partial charge is 0.261 e. The molecule has 110 valence electrons. The lowest BCUT2D eigenvalue weighted by Gasteiger charge is -2.09. The Balaban J connectivity index is 2.29. The molecule has 3 N–H and O–H groups in total. The SMILES string of the molecule is NC(=O)c1ccc(S(=O)(=O)Nc2ccc(Cl)c(Cl)c2)cc1. The van der Waals surface area contributed by atoms with Crippen LogP contribution >= 0.6 is 23.2 Å². The van der Waals surface area contributed by atoms with Crippen molar-refractivity contribution in [3.8, 4) is 0 Å². The van der Waals surface area contributed by atoms with Crippen molar-refractivity contribution in [2.45, 2.75) is 4.90 Å². The molecule has 0 bridgehead atoms. The van der Waals surface area contributed by atoms with Gasteiger partial charge in [-0.2, -0.15) is 0 Å². The second kappa shape index (κ2) is 5.93. The number of hydrogen-bond acceptors (Lipinski definition) is 3. The maximum atomic E-state index is 12.2. The average Bonchev–Trinajstić information content (AvgIpc) is 2.43. The molecule has 0 atom stereocenters. The number of carbonyl (C=O) groups excluding carboxylic acids is 1. The van der Waals surface area contributed by atoms with Gasteiger partial charge in [-0.25, -0.2) is 8.42 Å². The van der Waals surface area contributed by atoms with E-state index in [1.165, 1.54) is 42.5 Å². The highest BCUT2D eigenvalue weighted by molar-refractivity contribution is 7.92. The number of hydrogen-bond donors (Lipinski definition) is 2. The van der Waals surface area contributed by atoms with Gasteiger partial charge in [0.15, 0.2) is 0 Å². The highest BCUT2D eigenvalue weighted by Gasteiger charge is 2.15. The Bertz CT molecular complexity index is 790. The van der Waals surface area contributed by atoms with Gasteiger partial charge in [-0.3, -0.25) is 9.52 Å². The number of rotatable bonds is 4. The van der Waals surface area contributed by atoms with E-state index >= 15 is 0 Å². The van der Waals surface area contributed by atoms with Gasteiger partial charge in [-0.05, 0) is 42.5 Å². The van der Waals surface area contributed by atoms with Gasteiger partial charge >= 0.3 is 0 Å². The van der Waals surface area contributed by atoms with E-state index < -0.39 is 15.9 Å². The quantitative estimate of drug-likeness (QED) is 0.893. The van der Waals surface area contributed by atoms with E-state index in [4.69, 9.17) is 28.9 Å². The molecule has 0 heterocycles. The third-order valence-electron chi connectivity index (χ3n) is 2.62. The molecule has 21 heavy (non-hydrogen) atoms. The summed E-state index contributed by atoms with van der Waals surface area (Å²) in [4.78, 5) is 11.0. The van der Waals surface area contributed by atoms with Crippen LogP contribution in [0.5, 0.6) is 0 Å². The molecule has 0 spiro atoms. The zero-order valence-corrected chi connectivity index (χ0v) is 12.8. The fourth-order valence-electron chi connectivity index (χ4n) is 1.57. The largest absolute Gasteiger partial charge is 0.366 e. The van der Waals surface area contributed by atoms with E-state index in [-0.39, 0.29) is 21.2 Å². The molecule has 0 saturated carbocycles. The van der Waals surface area contributed by atoms with E-state index in [1.807, 2.05) is 0 Å². The van der Waals surface area contributed by atoms with Gasteiger partial charge in [0.25, 0.3) is 10.0 Å².